The number of allylic oxidation sites excluding steroid dienone is 1. The fourth-order valence-corrected chi connectivity index (χ4v) is 4.33. The van der Waals surface area contributed by atoms with Crippen molar-refractivity contribution in [2.24, 2.45) is 0 Å². The lowest BCUT2D eigenvalue weighted by Gasteiger charge is -2.12. The van der Waals surface area contributed by atoms with Gasteiger partial charge in [0.2, 0.25) is 0 Å². The van der Waals surface area contributed by atoms with Crippen LogP contribution in [0.5, 0.6) is 5.75 Å². The van der Waals surface area contributed by atoms with E-state index in [1.54, 1.807) is 7.11 Å². The van der Waals surface area contributed by atoms with Crippen molar-refractivity contribution in [2.75, 3.05) is 13.7 Å². The van der Waals surface area contributed by atoms with Gasteiger partial charge in [0.05, 0.1) is 12.1 Å². The zero-order valence-electron chi connectivity index (χ0n) is 13.2. The maximum atomic E-state index is 12.4. The number of fused-ring (bicyclic) bond motifs is 1. The summed E-state index contributed by atoms with van der Waals surface area (Å²) < 4.78 is 6.19. The molecule has 0 aliphatic heterocycles. The predicted octanol–water partition coefficient (Wildman–Crippen LogP) is 5.18. The standard InChI is InChI=1S/C18H20ClNO2S/c1-22-13-7-8-14-15(11-13)23-17(16(14)19)18(21)20-10-9-12-5-3-2-4-6-12/h5,7-8,11H,2-4,6,9-10H2,1H3,(H,20,21). The average Bonchev–Trinajstić information content (AvgIpc) is 2.92. The number of benzene rings is 1. The highest BCUT2D eigenvalue weighted by atomic mass is 35.5. The minimum absolute atomic E-state index is 0.0911. The summed E-state index contributed by atoms with van der Waals surface area (Å²) >= 11 is 7.78. The van der Waals surface area contributed by atoms with Crippen LogP contribution in [0.1, 0.15) is 41.8 Å². The zero-order chi connectivity index (χ0) is 16.2. The summed E-state index contributed by atoms with van der Waals surface area (Å²) in [5.74, 6) is 0.679. The van der Waals surface area contributed by atoms with E-state index in [-0.39, 0.29) is 5.91 Å². The molecule has 23 heavy (non-hydrogen) atoms. The Morgan fingerprint density at radius 1 is 1.39 bits per heavy atom. The Morgan fingerprint density at radius 3 is 3.00 bits per heavy atom. The topological polar surface area (TPSA) is 38.3 Å². The molecule has 0 radical (unpaired) electrons. The van der Waals surface area contributed by atoms with Gasteiger partial charge >= 0.3 is 0 Å². The van der Waals surface area contributed by atoms with Crippen molar-refractivity contribution in [3.8, 4) is 5.75 Å². The lowest BCUT2D eigenvalue weighted by molar-refractivity contribution is 0.0958. The number of methoxy groups -OCH3 is 1. The molecule has 1 N–H and O–H groups in total. The highest BCUT2D eigenvalue weighted by Gasteiger charge is 2.17. The van der Waals surface area contributed by atoms with Crippen molar-refractivity contribution in [3.63, 3.8) is 0 Å². The molecule has 1 aromatic heterocycles. The summed E-state index contributed by atoms with van der Waals surface area (Å²) in [4.78, 5) is 13.0. The van der Waals surface area contributed by atoms with Gasteiger partial charge in [0, 0.05) is 16.6 Å². The van der Waals surface area contributed by atoms with Crippen LogP contribution in [0.4, 0.5) is 0 Å². The largest absolute Gasteiger partial charge is 0.497 e. The molecule has 0 bridgehead atoms. The molecule has 0 saturated heterocycles. The van der Waals surface area contributed by atoms with E-state index in [4.69, 9.17) is 16.3 Å². The molecule has 5 heteroatoms. The molecule has 0 fully saturated rings. The van der Waals surface area contributed by atoms with Crippen molar-refractivity contribution in [1.82, 2.24) is 5.32 Å². The zero-order valence-corrected chi connectivity index (χ0v) is 14.7. The third-order valence-corrected chi connectivity index (χ3v) is 5.82. The third kappa shape index (κ3) is 3.70. The summed E-state index contributed by atoms with van der Waals surface area (Å²) in [6.45, 7) is 0.665. The number of carbonyl (C=O) groups excluding carboxylic acids is 1. The van der Waals surface area contributed by atoms with Gasteiger partial charge in [0.1, 0.15) is 10.6 Å². The highest BCUT2D eigenvalue weighted by Crippen LogP contribution is 2.37. The molecule has 1 amide bonds. The second kappa shape index (κ2) is 7.37. The fourth-order valence-electron chi connectivity index (χ4n) is 2.87. The van der Waals surface area contributed by atoms with Crippen LogP contribution < -0.4 is 10.1 Å². The summed E-state index contributed by atoms with van der Waals surface area (Å²) in [5.41, 5.74) is 1.46. The van der Waals surface area contributed by atoms with Gasteiger partial charge in [0.25, 0.3) is 5.91 Å². The molecule has 0 unspecified atom stereocenters. The molecule has 0 spiro atoms. The molecule has 1 heterocycles. The van der Waals surface area contributed by atoms with Crippen LogP contribution in [0.15, 0.2) is 29.8 Å². The highest BCUT2D eigenvalue weighted by molar-refractivity contribution is 7.21. The lowest BCUT2D eigenvalue weighted by Crippen LogP contribution is -2.24. The van der Waals surface area contributed by atoms with Crippen molar-refractivity contribution >= 4 is 38.9 Å². The van der Waals surface area contributed by atoms with Gasteiger partial charge in [-0.2, -0.15) is 0 Å². The van der Waals surface area contributed by atoms with E-state index in [1.165, 1.54) is 42.6 Å². The van der Waals surface area contributed by atoms with Crippen LogP contribution in [0.25, 0.3) is 10.1 Å². The van der Waals surface area contributed by atoms with Gasteiger partial charge in [-0.05, 0) is 50.3 Å². The summed E-state index contributed by atoms with van der Waals surface area (Å²) in [6.07, 6.45) is 8.14. The monoisotopic (exact) mass is 349 g/mol. The molecular weight excluding hydrogens is 330 g/mol. The maximum absolute atomic E-state index is 12.4. The van der Waals surface area contributed by atoms with Crippen LogP contribution in [-0.4, -0.2) is 19.6 Å². The minimum atomic E-state index is -0.0911. The number of hydrogen-bond acceptors (Lipinski definition) is 3. The Labute approximate surface area is 145 Å². The second-order valence-corrected chi connectivity index (χ2v) is 7.15. The number of ether oxygens (including phenoxy) is 1. The summed E-state index contributed by atoms with van der Waals surface area (Å²) in [7, 11) is 1.63. The predicted molar refractivity (Wildman–Crippen MR) is 96.9 cm³/mol. The van der Waals surface area contributed by atoms with Gasteiger partial charge in [-0.15, -0.1) is 11.3 Å². The average molecular weight is 350 g/mol. The van der Waals surface area contributed by atoms with E-state index < -0.39 is 0 Å². The first-order chi connectivity index (χ1) is 11.2. The molecule has 2 aromatic rings. The molecule has 1 aliphatic carbocycles. The van der Waals surface area contributed by atoms with Crippen LogP contribution in [0.2, 0.25) is 5.02 Å². The van der Waals surface area contributed by atoms with Crippen molar-refractivity contribution < 1.29 is 9.53 Å². The van der Waals surface area contributed by atoms with Gasteiger partial charge in [-0.1, -0.05) is 23.3 Å². The van der Waals surface area contributed by atoms with Crippen molar-refractivity contribution in [2.45, 2.75) is 32.1 Å². The molecule has 0 saturated carbocycles. The van der Waals surface area contributed by atoms with Gasteiger partial charge in [0.15, 0.2) is 0 Å². The Kier molecular flexibility index (Phi) is 5.23. The maximum Gasteiger partial charge on any atom is 0.262 e. The minimum Gasteiger partial charge on any atom is -0.497 e. The van der Waals surface area contributed by atoms with Crippen LogP contribution in [0, 0.1) is 0 Å². The number of amides is 1. The molecule has 0 atom stereocenters. The first-order valence-corrected chi connectivity index (χ1v) is 9.10. The van der Waals surface area contributed by atoms with Gasteiger partial charge in [-0.3, -0.25) is 4.79 Å². The van der Waals surface area contributed by atoms with E-state index >= 15 is 0 Å². The molecule has 122 valence electrons. The molecule has 3 rings (SSSR count). The fraction of sp³-hybridized carbons (Fsp3) is 0.389. The first-order valence-electron chi connectivity index (χ1n) is 7.91. The van der Waals surface area contributed by atoms with Crippen molar-refractivity contribution in [3.05, 3.63) is 39.7 Å². The quantitative estimate of drug-likeness (QED) is 0.755. The molecule has 3 nitrogen and oxygen atoms in total. The second-order valence-electron chi connectivity index (χ2n) is 5.72. The number of halogens is 1. The Balaban J connectivity index is 1.68. The van der Waals surface area contributed by atoms with E-state index in [0.717, 1.165) is 22.3 Å². The summed E-state index contributed by atoms with van der Waals surface area (Å²) in [5, 5.41) is 4.42. The molecule has 1 aliphatic rings. The Bertz CT molecular complexity index is 751. The van der Waals surface area contributed by atoms with Gasteiger partial charge < -0.3 is 10.1 Å². The van der Waals surface area contributed by atoms with E-state index in [9.17, 15) is 4.79 Å². The van der Waals surface area contributed by atoms with E-state index in [1.807, 2.05) is 18.2 Å². The number of nitrogens with one attached hydrogen (secondary N) is 1. The normalized spacial score (nSPS) is 14.6. The number of thiophene rings is 1. The molecular formula is C18H20ClNO2S. The SMILES string of the molecule is COc1ccc2c(Cl)c(C(=O)NCCC3=CCCCC3)sc2c1. The van der Waals surface area contributed by atoms with E-state index in [0.29, 0.717) is 16.4 Å². The van der Waals surface area contributed by atoms with Crippen LogP contribution >= 0.6 is 22.9 Å². The number of carbonyl (C=O) groups is 1. The smallest absolute Gasteiger partial charge is 0.262 e. The Morgan fingerprint density at radius 2 is 2.26 bits per heavy atom. The lowest BCUT2D eigenvalue weighted by atomic mass is 9.97. The summed E-state index contributed by atoms with van der Waals surface area (Å²) in [6, 6.07) is 5.67. The van der Waals surface area contributed by atoms with Crippen LogP contribution in [-0.2, 0) is 0 Å². The van der Waals surface area contributed by atoms with Gasteiger partial charge in [-0.25, -0.2) is 0 Å². The molecule has 1 aromatic carbocycles. The first kappa shape index (κ1) is 16.3. The van der Waals surface area contributed by atoms with Crippen molar-refractivity contribution in [1.29, 1.82) is 0 Å². The Hall–Kier alpha value is -1.52. The third-order valence-electron chi connectivity index (χ3n) is 4.16. The van der Waals surface area contributed by atoms with E-state index in [2.05, 4.69) is 11.4 Å². The number of rotatable bonds is 5. The van der Waals surface area contributed by atoms with Crippen LogP contribution in [0.3, 0.4) is 0 Å². The number of hydrogen-bond donors (Lipinski definition) is 1.